The van der Waals surface area contributed by atoms with E-state index in [-0.39, 0.29) is 0 Å². The molecule has 26 heavy (non-hydrogen) atoms. The zero-order chi connectivity index (χ0) is 18.4. The standard InChI is InChI=1S/C21H26ClNO3/c1-15-5-7-16(8-6-15)14-26-21-19(22)10-17(11-20(21)24-2)12-23-13-18-4-3-9-25-18/h5-8,10-11,18,23H,3-4,9,12-14H2,1-2H3/t18-/m0/s1. The summed E-state index contributed by atoms with van der Waals surface area (Å²) >= 11 is 6.45. The van der Waals surface area contributed by atoms with E-state index in [9.17, 15) is 0 Å². The van der Waals surface area contributed by atoms with Gasteiger partial charge >= 0.3 is 0 Å². The topological polar surface area (TPSA) is 39.7 Å². The average molecular weight is 376 g/mol. The first-order chi connectivity index (χ1) is 12.7. The van der Waals surface area contributed by atoms with Crippen molar-refractivity contribution >= 4 is 11.6 Å². The largest absolute Gasteiger partial charge is 0.493 e. The van der Waals surface area contributed by atoms with Crippen molar-refractivity contribution < 1.29 is 14.2 Å². The average Bonchev–Trinajstić information content (AvgIpc) is 3.15. The molecule has 4 nitrogen and oxygen atoms in total. The van der Waals surface area contributed by atoms with Crippen LogP contribution in [0.5, 0.6) is 11.5 Å². The number of halogens is 1. The molecular weight excluding hydrogens is 350 g/mol. The van der Waals surface area contributed by atoms with Crippen molar-refractivity contribution in [2.24, 2.45) is 0 Å². The Morgan fingerprint density at radius 2 is 2.00 bits per heavy atom. The Balaban J connectivity index is 1.61. The van der Waals surface area contributed by atoms with E-state index in [1.54, 1.807) is 7.11 Å². The zero-order valence-corrected chi connectivity index (χ0v) is 16.1. The lowest BCUT2D eigenvalue weighted by molar-refractivity contribution is 0.110. The monoisotopic (exact) mass is 375 g/mol. The zero-order valence-electron chi connectivity index (χ0n) is 15.4. The predicted molar refractivity (Wildman–Crippen MR) is 104 cm³/mol. The van der Waals surface area contributed by atoms with Crippen molar-refractivity contribution in [1.82, 2.24) is 5.32 Å². The molecule has 0 saturated carbocycles. The summed E-state index contributed by atoms with van der Waals surface area (Å²) in [5, 5.41) is 3.99. The summed E-state index contributed by atoms with van der Waals surface area (Å²) in [5.41, 5.74) is 3.38. The van der Waals surface area contributed by atoms with E-state index in [2.05, 4.69) is 36.5 Å². The molecule has 0 radical (unpaired) electrons. The van der Waals surface area contributed by atoms with Crippen LogP contribution < -0.4 is 14.8 Å². The highest BCUT2D eigenvalue weighted by molar-refractivity contribution is 6.32. The highest BCUT2D eigenvalue weighted by atomic mass is 35.5. The van der Waals surface area contributed by atoms with Gasteiger partial charge in [0.25, 0.3) is 0 Å². The maximum Gasteiger partial charge on any atom is 0.180 e. The van der Waals surface area contributed by atoms with Gasteiger partial charge in [-0.25, -0.2) is 0 Å². The van der Waals surface area contributed by atoms with E-state index in [4.69, 9.17) is 25.8 Å². The number of hydrogen-bond acceptors (Lipinski definition) is 4. The van der Waals surface area contributed by atoms with Gasteiger partial charge in [-0.3, -0.25) is 0 Å². The van der Waals surface area contributed by atoms with Gasteiger partial charge < -0.3 is 19.5 Å². The fourth-order valence-electron chi connectivity index (χ4n) is 3.04. The van der Waals surface area contributed by atoms with Gasteiger partial charge in [0.1, 0.15) is 6.61 Å². The predicted octanol–water partition coefficient (Wildman–Crippen LogP) is 4.50. The molecule has 1 aliphatic rings. The highest BCUT2D eigenvalue weighted by Crippen LogP contribution is 2.37. The van der Waals surface area contributed by atoms with Crippen LogP contribution in [0.4, 0.5) is 0 Å². The molecule has 0 bridgehead atoms. The smallest absolute Gasteiger partial charge is 0.180 e. The second-order valence-corrected chi connectivity index (χ2v) is 7.06. The van der Waals surface area contributed by atoms with Gasteiger partial charge in [0.2, 0.25) is 0 Å². The van der Waals surface area contributed by atoms with Gasteiger partial charge in [-0.1, -0.05) is 41.4 Å². The Morgan fingerprint density at radius 3 is 2.69 bits per heavy atom. The van der Waals surface area contributed by atoms with E-state index in [1.807, 2.05) is 12.1 Å². The first kappa shape index (κ1) is 19.0. The van der Waals surface area contributed by atoms with Gasteiger partial charge in [-0.2, -0.15) is 0 Å². The van der Waals surface area contributed by atoms with Crippen molar-refractivity contribution in [1.29, 1.82) is 0 Å². The summed E-state index contributed by atoms with van der Waals surface area (Å²) in [6, 6.07) is 12.1. The highest BCUT2D eigenvalue weighted by Gasteiger charge is 2.16. The molecule has 2 aromatic carbocycles. The summed E-state index contributed by atoms with van der Waals surface area (Å²) in [6.45, 7) is 4.96. The van der Waals surface area contributed by atoms with Crippen LogP contribution in [0, 0.1) is 6.92 Å². The summed E-state index contributed by atoms with van der Waals surface area (Å²) in [5.74, 6) is 1.23. The maximum atomic E-state index is 6.45. The lowest BCUT2D eigenvalue weighted by atomic mass is 10.1. The molecule has 1 aliphatic heterocycles. The maximum absolute atomic E-state index is 6.45. The lowest BCUT2D eigenvalue weighted by Crippen LogP contribution is -2.25. The number of aryl methyl sites for hydroxylation is 1. The van der Waals surface area contributed by atoms with Crippen LogP contribution in [0.25, 0.3) is 0 Å². The fraction of sp³-hybridized carbons (Fsp3) is 0.429. The first-order valence-electron chi connectivity index (χ1n) is 9.03. The van der Waals surface area contributed by atoms with Gasteiger partial charge in [0.05, 0.1) is 18.2 Å². The molecule has 5 heteroatoms. The Labute approximate surface area is 160 Å². The third kappa shape index (κ3) is 5.13. The summed E-state index contributed by atoms with van der Waals surface area (Å²) < 4.78 is 17.0. The minimum atomic E-state index is 0.324. The van der Waals surface area contributed by atoms with Crippen molar-refractivity contribution in [3.8, 4) is 11.5 Å². The van der Waals surface area contributed by atoms with Crippen LogP contribution in [-0.4, -0.2) is 26.4 Å². The molecule has 1 saturated heterocycles. The molecule has 1 fully saturated rings. The number of rotatable bonds is 8. The molecule has 0 unspecified atom stereocenters. The Bertz CT molecular complexity index is 712. The molecule has 0 aliphatic carbocycles. The van der Waals surface area contributed by atoms with Crippen LogP contribution in [0.1, 0.15) is 29.5 Å². The molecule has 140 valence electrons. The second kappa shape index (κ2) is 9.26. The van der Waals surface area contributed by atoms with Crippen LogP contribution in [-0.2, 0) is 17.9 Å². The molecule has 1 N–H and O–H groups in total. The van der Waals surface area contributed by atoms with Crippen molar-refractivity contribution in [2.45, 2.75) is 39.0 Å². The summed E-state index contributed by atoms with van der Waals surface area (Å²) in [6.07, 6.45) is 2.60. The third-order valence-electron chi connectivity index (χ3n) is 4.52. The normalized spacial score (nSPS) is 16.7. The van der Waals surface area contributed by atoms with Gasteiger partial charge in [-0.05, 0) is 43.0 Å². The molecule has 0 spiro atoms. The van der Waals surface area contributed by atoms with Crippen LogP contribution >= 0.6 is 11.6 Å². The minimum Gasteiger partial charge on any atom is -0.493 e. The van der Waals surface area contributed by atoms with E-state index >= 15 is 0 Å². The van der Waals surface area contributed by atoms with Crippen LogP contribution in [0.15, 0.2) is 36.4 Å². The molecular formula is C21H26ClNO3. The Morgan fingerprint density at radius 1 is 1.19 bits per heavy atom. The fourth-order valence-corrected chi connectivity index (χ4v) is 3.33. The second-order valence-electron chi connectivity index (χ2n) is 6.65. The molecule has 0 aromatic heterocycles. The van der Waals surface area contributed by atoms with Crippen LogP contribution in [0.2, 0.25) is 5.02 Å². The molecule has 3 rings (SSSR count). The molecule has 0 amide bonds. The van der Waals surface area contributed by atoms with Crippen molar-refractivity contribution in [2.75, 3.05) is 20.3 Å². The van der Waals surface area contributed by atoms with Crippen LogP contribution in [0.3, 0.4) is 0 Å². The van der Waals surface area contributed by atoms with Gasteiger partial charge in [0.15, 0.2) is 11.5 Å². The molecule has 1 atom stereocenters. The summed E-state index contributed by atoms with van der Waals surface area (Å²) in [4.78, 5) is 0. The minimum absolute atomic E-state index is 0.324. The molecule has 1 heterocycles. The quantitative estimate of drug-likeness (QED) is 0.737. The van der Waals surface area contributed by atoms with E-state index in [0.717, 1.165) is 37.1 Å². The Kier molecular flexibility index (Phi) is 6.78. The third-order valence-corrected chi connectivity index (χ3v) is 4.80. The van der Waals surface area contributed by atoms with E-state index in [1.165, 1.54) is 5.56 Å². The lowest BCUT2D eigenvalue weighted by Gasteiger charge is -2.15. The van der Waals surface area contributed by atoms with Gasteiger partial charge in [0, 0.05) is 19.7 Å². The number of benzene rings is 2. The summed E-state index contributed by atoms with van der Waals surface area (Å²) in [7, 11) is 1.63. The van der Waals surface area contributed by atoms with E-state index < -0.39 is 0 Å². The van der Waals surface area contributed by atoms with Gasteiger partial charge in [-0.15, -0.1) is 0 Å². The first-order valence-corrected chi connectivity index (χ1v) is 9.40. The number of methoxy groups -OCH3 is 1. The Hall–Kier alpha value is -1.75. The molecule has 2 aromatic rings. The number of nitrogens with one attached hydrogen (secondary N) is 1. The number of hydrogen-bond donors (Lipinski definition) is 1. The number of ether oxygens (including phenoxy) is 3. The van der Waals surface area contributed by atoms with E-state index in [0.29, 0.717) is 35.8 Å². The van der Waals surface area contributed by atoms with Crippen molar-refractivity contribution in [3.63, 3.8) is 0 Å². The SMILES string of the molecule is COc1cc(CNC[C@@H]2CCCO2)cc(Cl)c1OCc1ccc(C)cc1. The van der Waals surface area contributed by atoms with Crippen molar-refractivity contribution in [3.05, 3.63) is 58.1 Å².